The van der Waals surface area contributed by atoms with E-state index in [1.165, 1.54) is 0 Å². The minimum Gasteiger partial charge on any atom is -0.329 e. The highest BCUT2D eigenvalue weighted by Gasteiger charge is 2.43. The average Bonchev–Trinajstić information content (AvgIpc) is 2.52. The quantitative estimate of drug-likeness (QED) is 0.690. The van der Waals surface area contributed by atoms with E-state index in [0.29, 0.717) is 12.1 Å². The molecule has 0 spiro atoms. The normalized spacial score (nSPS) is 15.9. The van der Waals surface area contributed by atoms with Crippen LogP contribution in [0.25, 0.3) is 0 Å². The molecule has 1 aromatic heterocycles. The number of alkyl halides is 3. The van der Waals surface area contributed by atoms with Gasteiger partial charge in [0.15, 0.2) is 0 Å². The minimum atomic E-state index is -4.80. The first-order valence-electron chi connectivity index (χ1n) is 5.18. The van der Waals surface area contributed by atoms with Crippen molar-refractivity contribution >= 4 is 5.91 Å². The molecule has 7 heteroatoms. The van der Waals surface area contributed by atoms with E-state index in [9.17, 15) is 18.0 Å². The molecule has 0 saturated carbocycles. The molecule has 0 atom stereocenters. The van der Waals surface area contributed by atoms with Crippen LogP contribution in [-0.2, 0) is 24.8 Å². The largest absolute Gasteiger partial charge is 0.471 e. The summed E-state index contributed by atoms with van der Waals surface area (Å²) >= 11 is 0. The number of hydrogen-bond acceptors (Lipinski definition) is 2. The van der Waals surface area contributed by atoms with Crippen LogP contribution in [0.5, 0.6) is 0 Å². The maximum atomic E-state index is 12.3. The van der Waals surface area contributed by atoms with Crippen LogP contribution in [0, 0.1) is 6.92 Å². The molecule has 2 heterocycles. The van der Waals surface area contributed by atoms with Gasteiger partial charge in [-0.1, -0.05) is 0 Å². The number of carbonyl (C=O) groups is 1. The first-order chi connectivity index (χ1) is 7.80. The first-order valence-corrected chi connectivity index (χ1v) is 5.18. The molecule has 1 amide bonds. The summed E-state index contributed by atoms with van der Waals surface area (Å²) in [4.78, 5) is 11.9. The molecule has 1 aliphatic rings. The highest BCUT2D eigenvalue weighted by Crippen LogP contribution is 2.25. The second kappa shape index (κ2) is 3.75. The lowest BCUT2D eigenvalue weighted by Crippen LogP contribution is -2.44. The Balaban J connectivity index is 2.25. The number of halogens is 3. The zero-order valence-electron chi connectivity index (χ0n) is 9.51. The number of nitrogens with zero attached hydrogens (tertiary/aromatic N) is 3. The van der Waals surface area contributed by atoms with Gasteiger partial charge in [-0.15, -0.1) is 0 Å². The lowest BCUT2D eigenvalue weighted by molar-refractivity contribution is -0.186. The maximum Gasteiger partial charge on any atom is 0.471 e. The predicted molar refractivity (Wildman–Crippen MR) is 53.1 cm³/mol. The summed E-state index contributed by atoms with van der Waals surface area (Å²) in [6.07, 6.45) is -4.37. The summed E-state index contributed by atoms with van der Waals surface area (Å²) in [5.74, 6) is -1.78. The summed E-state index contributed by atoms with van der Waals surface area (Å²) in [5.41, 5.74) is 2.46. The van der Waals surface area contributed by atoms with Crippen molar-refractivity contribution < 1.29 is 18.0 Å². The lowest BCUT2D eigenvalue weighted by Gasteiger charge is -2.28. The van der Waals surface area contributed by atoms with Crippen LogP contribution in [0.3, 0.4) is 0 Å². The molecule has 0 fully saturated rings. The molecule has 0 aromatic carbocycles. The van der Waals surface area contributed by atoms with Gasteiger partial charge in [0.1, 0.15) is 0 Å². The van der Waals surface area contributed by atoms with Crippen molar-refractivity contribution in [1.82, 2.24) is 14.7 Å². The van der Waals surface area contributed by atoms with E-state index >= 15 is 0 Å². The van der Waals surface area contributed by atoms with Crippen LogP contribution < -0.4 is 0 Å². The van der Waals surface area contributed by atoms with Gasteiger partial charge in [-0.2, -0.15) is 18.3 Å². The van der Waals surface area contributed by atoms with Gasteiger partial charge in [0.05, 0.1) is 17.9 Å². The van der Waals surface area contributed by atoms with Crippen LogP contribution >= 0.6 is 0 Å². The second-order valence-electron chi connectivity index (χ2n) is 4.11. The Kier molecular flexibility index (Phi) is 2.63. The summed E-state index contributed by atoms with van der Waals surface area (Å²) in [5, 5.41) is 4.15. The van der Waals surface area contributed by atoms with E-state index in [-0.39, 0.29) is 13.1 Å². The number of aromatic nitrogens is 2. The Morgan fingerprint density at radius 3 is 2.65 bits per heavy atom. The molecule has 2 rings (SSSR count). The van der Waals surface area contributed by atoms with Crippen molar-refractivity contribution in [2.75, 3.05) is 6.54 Å². The lowest BCUT2D eigenvalue weighted by atomic mass is 10.0. The number of rotatable bonds is 0. The number of hydrogen-bond donors (Lipinski definition) is 0. The predicted octanol–water partition coefficient (Wildman–Crippen LogP) is 1.18. The van der Waals surface area contributed by atoms with Gasteiger partial charge < -0.3 is 4.90 Å². The molecule has 1 aromatic rings. The third-order valence-corrected chi connectivity index (χ3v) is 2.98. The molecular formula is C10H12F3N3O. The molecular weight excluding hydrogens is 235 g/mol. The summed E-state index contributed by atoms with van der Waals surface area (Å²) < 4.78 is 38.4. The summed E-state index contributed by atoms with van der Waals surface area (Å²) in [6, 6.07) is 0. The van der Waals surface area contributed by atoms with Gasteiger partial charge >= 0.3 is 12.1 Å². The molecule has 0 bridgehead atoms. The Labute approximate surface area is 96.0 Å². The fourth-order valence-corrected chi connectivity index (χ4v) is 2.13. The number of amides is 1. The standard InChI is InChI=1S/C10H12F3N3O/c1-6-7-3-4-16(9(17)10(11,12)13)5-8(7)15(2)14-6/h3-5H2,1-2H3. The molecule has 17 heavy (non-hydrogen) atoms. The van der Waals surface area contributed by atoms with Crippen LogP contribution in [-0.4, -0.2) is 33.3 Å². The minimum absolute atomic E-state index is 0.0228. The highest BCUT2D eigenvalue weighted by molar-refractivity contribution is 5.82. The Morgan fingerprint density at radius 2 is 2.06 bits per heavy atom. The van der Waals surface area contributed by atoms with Crippen LogP contribution in [0.4, 0.5) is 13.2 Å². The Bertz CT molecular complexity index is 464. The van der Waals surface area contributed by atoms with E-state index in [4.69, 9.17) is 0 Å². The maximum absolute atomic E-state index is 12.3. The zero-order chi connectivity index (χ0) is 12.8. The van der Waals surface area contributed by atoms with Crippen molar-refractivity contribution in [3.05, 3.63) is 17.0 Å². The fourth-order valence-electron chi connectivity index (χ4n) is 2.13. The molecule has 0 unspecified atom stereocenters. The first kappa shape index (κ1) is 11.9. The van der Waals surface area contributed by atoms with Crippen LogP contribution in [0.1, 0.15) is 17.0 Å². The molecule has 0 saturated heterocycles. The summed E-state index contributed by atoms with van der Waals surface area (Å²) in [7, 11) is 1.67. The average molecular weight is 247 g/mol. The van der Waals surface area contributed by atoms with Crippen molar-refractivity contribution in [3.8, 4) is 0 Å². The summed E-state index contributed by atoms with van der Waals surface area (Å²) in [6.45, 7) is 1.89. The Hall–Kier alpha value is -1.53. The van der Waals surface area contributed by atoms with E-state index in [1.54, 1.807) is 11.7 Å². The van der Waals surface area contributed by atoms with Crippen molar-refractivity contribution in [3.63, 3.8) is 0 Å². The van der Waals surface area contributed by atoms with Gasteiger partial charge in [-0.05, 0) is 18.9 Å². The van der Waals surface area contributed by atoms with E-state index in [2.05, 4.69) is 5.10 Å². The smallest absolute Gasteiger partial charge is 0.329 e. The van der Waals surface area contributed by atoms with Crippen LogP contribution in [0.15, 0.2) is 0 Å². The number of carbonyl (C=O) groups excluding carboxylic acids is 1. The van der Waals surface area contributed by atoms with Gasteiger partial charge in [0, 0.05) is 13.6 Å². The third kappa shape index (κ3) is 2.01. The molecule has 0 aliphatic carbocycles. The Morgan fingerprint density at radius 1 is 1.41 bits per heavy atom. The molecule has 94 valence electrons. The SMILES string of the molecule is Cc1nn(C)c2c1CCN(C(=O)C(F)(F)F)C2. The van der Waals surface area contributed by atoms with E-state index < -0.39 is 12.1 Å². The van der Waals surface area contributed by atoms with Crippen molar-refractivity contribution in [2.45, 2.75) is 26.1 Å². The number of fused-ring (bicyclic) bond motifs is 1. The van der Waals surface area contributed by atoms with Crippen LogP contribution in [0.2, 0.25) is 0 Å². The third-order valence-electron chi connectivity index (χ3n) is 2.98. The van der Waals surface area contributed by atoms with Gasteiger partial charge in [-0.3, -0.25) is 9.48 Å². The molecule has 0 N–H and O–H groups in total. The number of aryl methyl sites for hydroxylation is 2. The highest BCUT2D eigenvalue weighted by atomic mass is 19.4. The van der Waals surface area contributed by atoms with Crippen molar-refractivity contribution in [1.29, 1.82) is 0 Å². The topological polar surface area (TPSA) is 38.1 Å². The van der Waals surface area contributed by atoms with Gasteiger partial charge in [0.2, 0.25) is 0 Å². The molecule has 1 aliphatic heterocycles. The molecule has 4 nitrogen and oxygen atoms in total. The second-order valence-corrected chi connectivity index (χ2v) is 4.11. The van der Waals surface area contributed by atoms with E-state index in [1.807, 2.05) is 6.92 Å². The van der Waals surface area contributed by atoms with Gasteiger partial charge in [0.25, 0.3) is 0 Å². The van der Waals surface area contributed by atoms with E-state index in [0.717, 1.165) is 16.2 Å². The monoisotopic (exact) mass is 247 g/mol. The fraction of sp³-hybridized carbons (Fsp3) is 0.600. The van der Waals surface area contributed by atoms with Gasteiger partial charge in [-0.25, -0.2) is 0 Å². The molecule has 0 radical (unpaired) electrons. The zero-order valence-corrected chi connectivity index (χ0v) is 9.51. The van der Waals surface area contributed by atoms with Crippen molar-refractivity contribution in [2.24, 2.45) is 7.05 Å².